The van der Waals surface area contributed by atoms with Crippen molar-refractivity contribution in [1.29, 1.82) is 0 Å². The summed E-state index contributed by atoms with van der Waals surface area (Å²) in [5, 5.41) is 0.723. The Balaban J connectivity index is 2.31. The van der Waals surface area contributed by atoms with Gasteiger partial charge in [-0.05, 0) is 30.4 Å². The van der Waals surface area contributed by atoms with Gasteiger partial charge in [0.15, 0.2) is 0 Å². The van der Waals surface area contributed by atoms with E-state index in [2.05, 4.69) is 18.7 Å². The molecule has 1 saturated heterocycles. The number of rotatable bonds is 3. The Kier molecular flexibility index (Phi) is 4.26. The van der Waals surface area contributed by atoms with Gasteiger partial charge in [-0.25, -0.2) is 0 Å². The second-order valence-corrected chi connectivity index (χ2v) is 6.51. The van der Waals surface area contributed by atoms with Gasteiger partial charge in [-0.2, -0.15) is 0 Å². The van der Waals surface area contributed by atoms with Gasteiger partial charge < -0.3 is 15.4 Å². The van der Waals surface area contributed by atoms with E-state index in [-0.39, 0.29) is 0 Å². The molecule has 0 aromatic heterocycles. The minimum absolute atomic E-state index is 0.330. The second kappa shape index (κ2) is 5.59. The molecule has 1 aliphatic rings. The summed E-state index contributed by atoms with van der Waals surface area (Å²) in [7, 11) is 1.75. The molecule has 106 valence electrons. The number of hydrogen-bond donors (Lipinski definition) is 1. The molecule has 0 spiro atoms. The summed E-state index contributed by atoms with van der Waals surface area (Å²) in [6.45, 7) is 6.29. The fourth-order valence-electron chi connectivity index (χ4n) is 2.93. The monoisotopic (exact) mass is 282 g/mol. The SMILES string of the molecule is COCC1CC(C)(C)CCN1c1c(N)cccc1Cl. The molecule has 1 atom stereocenters. The number of benzene rings is 1. The van der Waals surface area contributed by atoms with Crippen molar-refractivity contribution in [1.82, 2.24) is 0 Å². The Bertz CT molecular complexity index is 428. The van der Waals surface area contributed by atoms with E-state index in [1.807, 2.05) is 18.2 Å². The van der Waals surface area contributed by atoms with Crippen molar-refractivity contribution in [2.24, 2.45) is 5.41 Å². The van der Waals surface area contributed by atoms with Gasteiger partial charge in [0.05, 0.1) is 29.0 Å². The molecular weight excluding hydrogens is 260 g/mol. The predicted octanol–water partition coefficient (Wildman–Crippen LogP) is 3.56. The first-order valence-corrected chi connectivity index (χ1v) is 7.12. The average molecular weight is 283 g/mol. The maximum absolute atomic E-state index is 6.34. The van der Waals surface area contributed by atoms with Crippen molar-refractivity contribution in [3.8, 4) is 0 Å². The van der Waals surface area contributed by atoms with Crippen molar-refractivity contribution in [2.75, 3.05) is 30.9 Å². The summed E-state index contributed by atoms with van der Waals surface area (Å²) in [6.07, 6.45) is 2.23. The molecule has 0 aliphatic carbocycles. The van der Waals surface area contributed by atoms with Gasteiger partial charge in [0.2, 0.25) is 0 Å². The smallest absolute Gasteiger partial charge is 0.0792 e. The van der Waals surface area contributed by atoms with Gasteiger partial charge in [0, 0.05) is 13.7 Å². The highest BCUT2D eigenvalue weighted by atomic mass is 35.5. The van der Waals surface area contributed by atoms with Crippen LogP contribution in [0.1, 0.15) is 26.7 Å². The first-order valence-electron chi connectivity index (χ1n) is 6.74. The molecule has 0 bridgehead atoms. The van der Waals surface area contributed by atoms with Gasteiger partial charge in [0.25, 0.3) is 0 Å². The lowest BCUT2D eigenvalue weighted by Gasteiger charge is -2.45. The molecule has 19 heavy (non-hydrogen) atoms. The van der Waals surface area contributed by atoms with Crippen LogP contribution in [0.4, 0.5) is 11.4 Å². The lowest BCUT2D eigenvalue weighted by atomic mass is 9.78. The highest BCUT2D eigenvalue weighted by Gasteiger charge is 2.34. The summed E-state index contributed by atoms with van der Waals surface area (Å²) < 4.78 is 5.38. The number of nitrogens with zero attached hydrogens (tertiary/aromatic N) is 1. The third kappa shape index (κ3) is 3.15. The minimum Gasteiger partial charge on any atom is -0.397 e. The number of hydrogen-bond acceptors (Lipinski definition) is 3. The van der Waals surface area contributed by atoms with E-state index < -0.39 is 0 Å². The Morgan fingerprint density at radius 1 is 1.47 bits per heavy atom. The number of anilines is 2. The molecule has 1 unspecified atom stereocenters. The molecule has 2 N–H and O–H groups in total. The average Bonchev–Trinajstić information content (AvgIpc) is 2.31. The van der Waals surface area contributed by atoms with Crippen LogP contribution in [0.5, 0.6) is 0 Å². The van der Waals surface area contributed by atoms with E-state index in [4.69, 9.17) is 22.1 Å². The number of nitrogen functional groups attached to an aromatic ring is 1. The third-order valence-corrected chi connectivity index (χ3v) is 4.23. The Morgan fingerprint density at radius 2 is 2.21 bits per heavy atom. The van der Waals surface area contributed by atoms with Gasteiger partial charge in [-0.1, -0.05) is 31.5 Å². The van der Waals surface area contributed by atoms with Crippen LogP contribution in [0, 0.1) is 5.41 Å². The van der Waals surface area contributed by atoms with Crippen LogP contribution < -0.4 is 10.6 Å². The molecule has 0 amide bonds. The van der Waals surface area contributed by atoms with E-state index >= 15 is 0 Å². The highest BCUT2D eigenvalue weighted by molar-refractivity contribution is 6.34. The van der Waals surface area contributed by atoms with Crippen LogP contribution in [-0.4, -0.2) is 26.3 Å². The summed E-state index contributed by atoms with van der Waals surface area (Å²) >= 11 is 6.34. The molecule has 1 aromatic carbocycles. The Hall–Kier alpha value is -0.930. The van der Waals surface area contributed by atoms with E-state index in [1.165, 1.54) is 0 Å². The third-order valence-electron chi connectivity index (χ3n) is 3.92. The molecule has 0 saturated carbocycles. The normalized spacial score (nSPS) is 22.5. The standard InChI is InChI=1S/C15H23ClN2O/c1-15(2)7-8-18(11(9-15)10-19-3)14-12(16)5-4-6-13(14)17/h4-6,11H,7-10,17H2,1-3H3. The summed E-state index contributed by atoms with van der Waals surface area (Å²) in [4.78, 5) is 2.31. The van der Waals surface area contributed by atoms with Crippen LogP contribution in [0.3, 0.4) is 0 Å². The Morgan fingerprint density at radius 3 is 2.84 bits per heavy atom. The van der Waals surface area contributed by atoms with Crippen LogP contribution in [0.15, 0.2) is 18.2 Å². The number of halogens is 1. The largest absolute Gasteiger partial charge is 0.397 e. The molecule has 1 aliphatic heterocycles. The maximum Gasteiger partial charge on any atom is 0.0792 e. The van der Waals surface area contributed by atoms with Crippen LogP contribution in [0.2, 0.25) is 5.02 Å². The maximum atomic E-state index is 6.34. The summed E-state index contributed by atoms with van der Waals surface area (Å²) in [5.41, 5.74) is 8.16. The van der Waals surface area contributed by atoms with Crippen molar-refractivity contribution >= 4 is 23.0 Å². The number of ether oxygens (including phenoxy) is 1. The quantitative estimate of drug-likeness (QED) is 0.862. The molecule has 1 heterocycles. The van der Waals surface area contributed by atoms with Crippen LogP contribution in [-0.2, 0) is 4.74 Å². The fraction of sp³-hybridized carbons (Fsp3) is 0.600. The zero-order valence-electron chi connectivity index (χ0n) is 11.9. The summed E-state index contributed by atoms with van der Waals surface area (Å²) in [6, 6.07) is 6.03. The van der Waals surface area contributed by atoms with E-state index in [0.29, 0.717) is 18.1 Å². The van der Waals surface area contributed by atoms with E-state index in [1.54, 1.807) is 7.11 Å². The van der Waals surface area contributed by atoms with Crippen molar-refractivity contribution < 1.29 is 4.74 Å². The molecular formula is C15H23ClN2O. The zero-order valence-corrected chi connectivity index (χ0v) is 12.7. The first kappa shape index (κ1) is 14.5. The number of nitrogens with two attached hydrogens (primary N) is 1. The molecule has 2 rings (SSSR count). The van der Waals surface area contributed by atoms with Crippen LogP contribution >= 0.6 is 11.6 Å². The lowest BCUT2D eigenvalue weighted by molar-refractivity contribution is 0.132. The Labute approximate surface area is 120 Å². The zero-order chi connectivity index (χ0) is 14.0. The van der Waals surface area contributed by atoms with Crippen molar-refractivity contribution in [3.05, 3.63) is 23.2 Å². The number of methoxy groups -OCH3 is 1. The molecule has 0 radical (unpaired) electrons. The molecule has 3 nitrogen and oxygen atoms in total. The van der Waals surface area contributed by atoms with E-state index in [0.717, 1.165) is 35.8 Å². The number of para-hydroxylation sites is 1. The number of piperidine rings is 1. The second-order valence-electron chi connectivity index (χ2n) is 6.10. The van der Waals surface area contributed by atoms with Crippen LogP contribution in [0.25, 0.3) is 0 Å². The molecule has 1 fully saturated rings. The topological polar surface area (TPSA) is 38.5 Å². The first-order chi connectivity index (χ1) is 8.94. The lowest BCUT2D eigenvalue weighted by Crippen LogP contribution is -2.48. The van der Waals surface area contributed by atoms with Crippen molar-refractivity contribution in [2.45, 2.75) is 32.7 Å². The van der Waals surface area contributed by atoms with E-state index in [9.17, 15) is 0 Å². The van der Waals surface area contributed by atoms with Gasteiger partial charge in [0.1, 0.15) is 0 Å². The minimum atomic E-state index is 0.330. The fourth-order valence-corrected chi connectivity index (χ4v) is 3.22. The van der Waals surface area contributed by atoms with Gasteiger partial charge >= 0.3 is 0 Å². The molecule has 1 aromatic rings. The highest BCUT2D eigenvalue weighted by Crippen LogP contribution is 2.40. The summed E-state index contributed by atoms with van der Waals surface area (Å²) in [5.74, 6) is 0. The van der Waals surface area contributed by atoms with Crippen molar-refractivity contribution in [3.63, 3.8) is 0 Å². The van der Waals surface area contributed by atoms with Gasteiger partial charge in [-0.3, -0.25) is 0 Å². The predicted molar refractivity (Wildman–Crippen MR) is 81.9 cm³/mol. The molecule has 4 heteroatoms. The van der Waals surface area contributed by atoms with Gasteiger partial charge in [-0.15, -0.1) is 0 Å².